The molecular weight excluding hydrogens is 198 g/mol. The van der Waals surface area contributed by atoms with Gasteiger partial charge in [0.25, 0.3) is 0 Å². The summed E-state index contributed by atoms with van der Waals surface area (Å²) in [4.78, 5) is 0. The van der Waals surface area contributed by atoms with Crippen LogP contribution in [0.15, 0.2) is 24.3 Å². The highest BCUT2D eigenvalue weighted by Gasteiger charge is 2.23. The molecule has 1 saturated carbocycles. The van der Waals surface area contributed by atoms with Crippen molar-refractivity contribution >= 4 is 0 Å². The van der Waals surface area contributed by atoms with Crippen LogP contribution in [0.25, 0.3) is 0 Å². The van der Waals surface area contributed by atoms with Crippen LogP contribution in [0.1, 0.15) is 37.3 Å². The first-order valence-electron chi connectivity index (χ1n) is 6.38. The number of hydrogen-bond acceptors (Lipinski definition) is 2. The molecule has 1 aromatic carbocycles. The van der Waals surface area contributed by atoms with E-state index in [2.05, 4.69) is 23.5 Å². The largest absolute Gasteiger partial charge is 0.493 e. The number of ether oxygens (including phenoxy) is 1. The molecule has 0 amide bonds. The van der Waals surface area contributed by atoms with Crippen molar-refractivity contribution in [2.45, 2.75) is 31.7 Å². The van der Waals surface area contributed by atoms with Gasteiger partial charge in [-0.15, -0.1) is 0 Å². The number of benzene rings is 1. The summed E-state index contributed by atoms with van der Waals surface area (Å²) in [5.41, 5.74) is 1.34. The Kier molecular flexibility index (Phi) is 2.83. The third-order valence-electron chi connectivity index (χ3n) is 3.60. The van der Waals surface area contributed by atoms with Gasteiger partial charge >= 0.3 is 0 Å². The Morgan fingerprint density at radius 3 is 2.94 bits per heavy atom. The van der Waals surface area contributed by atoms with Gasteiger partial charge in [0, 0.05) is 18.0 Å². The van der Waals surface area contributed by atoms with Crippen LogP contribution in [-0.2, 0) is 0 Å². The van der Waals surface area contributed by atoms with Crippen LogP contribution in [-0.4, -0.2) is 13.2 Å². The average Bonchev–Trinajstić information content (AvgIpc) is 3.13. The Hall–Kier alpha value is -1.02. The Labute approximate surface area is 97.0 Å². The molecule has 86 valence electrons. The Morgan fingerprint density at radius 1 is 1.19 bits per heavy atom. The molecular formula is C14H19NO. The molecule has 1 fully saturated rings. The standard InChI is InChI=1S/C14H19NO/c1-2-4-14-12(3-1)13(8-10-16-14)15-9-7-11-5-6-11/h1-4,11,13,15H,5-10H2. The van der Waals surface area contributed by atoms with E-state index in [0.717, 1.165) is 31.2 Å². The van der Waals surface area contributed by atoms with E-state index < -0.39 is 0 Å². The zero-order valence-electron chi connectivity index (χ0n) is 9.61. The van der Waals surface area contributed by atoms with Crippen LogP contribution < -0.4 is 10.1 Å². The first kappa shape index (κ1) is 10.2. The zero-order chi connectivity index (χ0) is 10.8. The summed E-state index contributed by atoms with van der Waals surface area (Å²) in [5, 5.41) is 3.67. The van der Waals surface area contributed by atoms with Gasteiger partial charge < -0.3 is 10.1 Å². The van der Waals surface area contributed by atoms with Crippen LogP contribution in [0.5, 0.6) is 5.75 Å². The van der Waals surface area contributed by atoms with Crippen molar-refractivity contribution in [3.8, 4) is 5.75 Å². The second kappa shape index (κ2) is 4.46. The number of fused-ring (bicyclic) bond motifs is 1. The van der Waals surface area contributed by atoms with E-state index in [1.54, 1.807) is 0 Å². The summed E-state index contributed by atoms with van der Waals surface area (Å²) >= 11 is 0. The molecule has 1 unspecified atom stereocenters. The lowest BCUT2D eigenvalue weighted by Gasteiger charge is -2.26. The Morgan fingerprint density at radius 2 is 2.06 bits per heavy atom. The molecule has 1 aliphatic heterocycles. The maximum Gasteiger partial charge on any atom is 0.124 e. The van der Waals surface area contributed by atoms with E-state index in [9.17, 15) is 0 Å². The molecule has 2 nitrogen and oxygen atoms in total. The van der Waals surface area contributed by atoms with Crippen molar-refractivity contribution in [3.63, 3.8) is 0 Å². The van der Waals surface area contributed by atoms with Crippen LogP contribution in [0.3, 0.4) is 0 Å². The average molecular weight is 217 g/mol. The number of nitrogens with one attached hydrogen (secondary N) is 1. The van der Waals surface area contributed by atoms with Crippen molar-refractivity contribution in [1.82, 2.24) is 5.32 Å². The molecule has 1 heterocycles. The molecule has 2 aliphatic rings. The quantitative estimate of drug-likeness (QED) is 0.837. The minimum Gasteiger partial charge on any atom is -0.493 e. The van der Waals surface area contributed by atoms with Gasteiger partial charge in [-0.25, -0.2) is 0 Å². The van der Waals surface area contributed by atoms with Crippen LogP contribution in [0, 0.1) is 5.92 Å². The number of rotatable bonds is 4. The number of para-hydroxylation sites is 1. The molecule has 0 saturated heterocycles. The summed E-state index contributed by atoms with van der Waals surface area (Å²) in [7, 11) is 0. The summed E-state index contributed by atoms with van der Waals surface area (Å²) in [6, 6.07) is 8.91. The Bertz CT molecular complexity index is 360. The fourth-order valence-electron chi connectivity index (χ4n) is 2.42. The predicted molar refractivity (Wildman–Crippen MR) is 64.6 cm³/mol. The van der Waals surface area contributed by atoms with E-state index in [0.29, 0.717) is 6.04 Å². The molecule has 0 bridgehead atoms. The van der Waals surface area contributed by atoms with E-state index >= 15 is 0 Å². The molecule has 0 radical (unpaired) electrons. The van der Waals surface area contributed by atoms with Gasteiger partial charge in [0.15, 0.2) is 0 Å². The lowest BCUT2D eigenvalue weighted by atomic mass is 10.0. The summed E-state index contributed by atoms with van der Waals surface area (Å²) in [6.45, 7) is 2.00. The lowest BCUT2D eigenvalue weighted by Crippen LogP contribution is -2.28. The fourth-order valence-corrected chi connectivity index (χ4v) is 2.42. The summed E-state index contributed by atoms with van der Waals surface area (Å²) in [6.07, 6.45) is 5.35. The molecule has 1 aliphatic carbocycles. The third kappa shape index (κ3) is 2.22. The molecule has 16 heavy (non-hydrogen) atoms. The SMILES string of the molecule is c1ccc2c(c1)OCCC2NCCC1CC1. The maximum absolute atomic E-state index is 5.65. The van der Waals surface area contributed by atoms with Crippen molar-refractivity contribution in [1.29, 1.82) is 0 Å². The maximum atomic E-state index is 5.65. The minimum absolute atomic E-state index is 0.503. The second-order valence-corrected chi connectivity index (χ2v) is 4.91. The van der Waals surface area contributed by atoms with E-state index in [4.69, 9.17) is 4.74 Å². The summed E-state index contributed by atoms with van der Waals surface area (Å²) in [5.74, 6) is 2.08. The van der Waals surface area contributed by atoms with Gasteiger partial charge in [0.2, 0.25) is 0 Å². The van der Waals surface area contributed by atoms with Gasteiger partial charge in [-0.2, -0.15) is 0 Å². The lowest BCUT2D eigenvalue weighted by molar-refractivity contribution is 0.252. The van der Waals surface area contributed by atoms with E-state index in [-0.39, 0.29) is 0 Å². The van der Waals surface area contributed by atoms with Gasteiger partial charge in [-0.1, -0.05) is 31.0 Å². The highest BCUT2D eigenvalue weighted by atomic mass is 16.5. The highest BCUT2D eigenvalue weighted by molar-refractivity contribution is 5.37. The molecule has 0 spiro atoms. The Balaban J connectivity index is 1.62. The number of hydrogen-bond donors (Lipinski definition) is 1. The summed E-state index contributed by atoms with van der Waals surface area (Å²) < 4.78 is 5.65. The molecule has 2 heteroatoms. The van der Waals surface area contributed by atoms with Crippen LogP contribution in [0.4, 0.5) is 0 Å². The van der Waals surface area contributed by atoms with Gasteiger partial charge in [0.1, 0.15) is 5.75 Å². The monoisotopic (exact) mass is 217 g/mol. The van der Waals surface area contributed by atoms with Crippen LogP contribution >= 0.6 is 0 Å². The molecule has 1 N–H and O–H groups in total. The second-order valence-electron chi connectivity index (χ2n) is 4.91. The zero-order valence-corrected chi connectivity index (χ0v) is 9.61. The van der Waals surface area contributed by atoms with Gasteiger partial charge in [-0.3, -0.25) is 0 Å². The van der Waals surface area contributed by atoms with E-state index in [1.807, 2.05) is 6.07 Å². The molecule has 1 atom stereocenters. The fraction of sp³-hybridized carbons (Fsp3) is 0.571. The molecule has 1 aromatic rings. The smallest absolute Gasteiger partial charge is 0.124 e. The third-order valence-corrected chi connectivity index (χ3v) is 3.60. The molecule has 3 rings (SSSR count). The van der Waals surface area contributed by atoms with Gasteiger partial charge in [0.05, 0.1) is 6.61 Å². The van der Waals surface area contributed by atoms with Crippen molar-refractivity contribution in [2.24, 2.45) is 5.92 Å². The predicted octanol–water partition coefficient (Wildman–Crippen LogP) is 2.90. The van der Waals surface area contributed by atoms with Gasteiger partial charge in [-0.05, 0) is 24.9 Å². The van der Waals surface area contributed by atoms with Crippen molar-refractivity contribution in [2.75, 3.05) is 13.2 Å². The normalized spacial score (nSPS) is 23.6. The van der Waals surface area contributed by atoms with Crippen molar-refractivity contribution in [3.05, 3.63) is 29.8 Å². The topological polar surface area (TPSA) is 21.3 Å². The van der Waals surface area contributed by atoms with Crippen molar-refractivity contribution < 1.29 is 4.74 Å². The van der Waals surface area contributed by atoms with E-state index in [1.165, 1.54) is 24.8 Å². The molecule has 0 aromatic heterocycles. The first-order chi connectivity index (χ1) is 7.93. The van der Waals surface area contributed by atoms with Crippen LogP contribution in [0.2, 0.25) is 0 Å². The highest BCUT2D eigenvalue weighted by Crippen LogP contribution is 2.34. The first-order valence-corrected chi connectivity index (χ1v) is 6.38. The minimum atomic E-state index is 0.503.